The first-order valence-corrected chi connectivity index (χ1v) is 8.18. The van der Waals surface area contributed by atoms with E-state index in [4.69, 9.17) is 4.42 Å². The lowest BCUT2D eigenvalue weighted by Crippen LogP contribution is -2.19. The number of phenolic OH excluding ortho intramolecular Hbond substituents is 3. The number of phenols is 3. The monoisotopic (exact) mass is 356 g/mol. The molecule has 0 saturated carbocycles. The summed E-state index contributed by atoms with van der Waals surface area (Å²) >= 11 is 0. The first kappa shape index (κ1) is 17.8. The van der Waals surface area contributed by atoms with Gasteiger partial charge in [-0.15, -0.1) is 0 Å². The van der Waals surface area contributed by atoms with Crippen molar-refractivity contribution in [1.82, 2.24) is 0 Å². The standard InChI is InChI=1S/C20H20O6/c1-20(2,25)8-7-13-15(22)9-16-17(18(13)23)19(24)14(10-26-16)11-3-5-12(21)6-4-11/h3-6,9-10,21-23,25H,7-8H2,1-2H3. The topological polar surface area (TPSA) is 111 Å². The highest BCUT2D eigenvalue weighted by Crippen LogP contribution is 2.36. The van der Waals surface area contributed by atoms with Crippen molar-refractivity contribution in [3.8, 4) is 28.4 Å². The number of hydrogen-bond donors (Lipinski definition) is 4. The van der Waals surface area contributed by atoms with Gasteiger partial charge in [-0.1, -0.05) is 12.1 Å². The molecule has 0 aliphatic heterocycles. The third kappa shape index (κ3) is 3.36. The predicted molar refractivity (Wildman–Crippen MR) is 97.5 cm³/mol. The lowest BCUT2D eigenvalue weighted by atomic mass is 9.96. The number of aromatic hydroxyl groups is 3. The smallest absolute Gasteiger partial charge is 0.204 e. The van der Waals surface area contributed by atoms with Crippen molar-refractivity contribution in [2.75, 3.05) is 0 Å². The minimum atomic E-state index is -0.980. The second-order valence-corrected chi connectivity index (χ2v) is 6.93. The Hall–Kier alpha value is -2.99. The molecule has 4 N–H and O–H groups in total. The molecule has 136 valence electrons. The highest BCUT2D eigenvalue weighted by atomic mass is 16.3. The third-order valence-corrected chi connectivity index (χ3v) is 4.29. The van der Waals surface area contributed by atoms with E-state index in [1.165, 1.54) is 24.5 Å². The van der Waals surface area contributed by atoms with Crippen LogP contribution < -0.4 is 5.43 Å². The Morgan fingerprint density at radius 3 is 2.35 bits per heavy atom. The minimum Gasteiger partial charge on any atom is -0.508 e. The lowest BCUT2D eigenvalue weighted by molar-refractivity contribution is 0.0711. The highest BCUT2D eigenvalue weighted by molar-refractivity contribution is 5.89. The summed E-state index contributed by atoms with van der Waals surface area (Å²) in [7, 11) is 0. The lowest BCUT2D eigenvalue weighted by Gasteiger charge is -2.18. The van der Waals surface area contributed by atoms with Crippen LogP contribution in [0.25, 0.3) is 22.1 Å². The van der Waals surface area contributed by atoms with Crippen LogP contribution in [0.4, 0.5) is 0 Å². The molecule has 0 aliphatic rings. The van der Waals surface area contributed by atoms with Crippen molar-refractivity contribution in [2.24, 2.45) is 0 Å². The Bertz CT molecular complexity index is 1010. The summed E-state index contributed by atoms with van der Waals surface area (Å²) in [5, 5.41) is 40.0. The largest absolute Gasteiger partial charge is 0.508 e. The molecule has 2 aromatic carbocycles. The minimum absolute atomic E-state index is 0.0286. The van der Waals surface area contributed by atoms with Crippen LogP contribution in [0.3, 0.4) is 0 Å². The van der Waals surface area contributed by atoms with Gasteiger partial charge in [0.15, 0.2) is 0 Å². The zero-order valence-corrected chi connectivity index (χ0v) is 14.5. The van der Waals surface area contributed by atoms with Crippen molar-refractivity contribution >= 4 is 11.0 Å². The SMILES string of the molecule is CC(C)(O)CCc1c(O)cc2occ(-c3ccc(O)cc3)c(=O)c2c1O. The van der Waals surface area contributed by atoms with E-state index in [1.54, 1.807) is 26.0 Å². The number of rotatable bonds is 4. The number of fused-ring (bicyclic) bond motifs is 1. The van der Waals surface area contributed by atoms with E-state index in [9.17, 15) is 25.2 Å². The maximum absolute atomic E-state index is 12.9. The van der Waals surface area contributed by atoms with E-state index < -0.39 is 11.0 Å². The number of hydrogen-bond acceptors (Lipinski definition) is 6. The maximum Gasteiger partial charge on any atom is 0.204 e. The number of aliphatic hydroxyl groups is 1. The van der Waals surface area contributed by atoms with Gasteiger partial charge in [-0.25, -0.2) is 0 Å². The van der Waals surface area contributed by atoms with Gasteiger partial charge in [-0.05, 0) is 44.4 Å². The molecule has 0 fully saturated rings. The Labute approximate surface area is 149 Å². The van der Waals surface area contributed by atoms with Crippen molar-refractivity contribution in [1.29, 1.82) is 0 Å². The molecule has 3 rings (SSSR count). The molecule has 0 amide bonds. The van der Waals surface area contributed by atoms with E-state index in [0.717, 1.165) is 0 Å². The fourth-order valence-corrected chi connectivity index (χ4v) is 2.81. The zero-order chi connectivity index (χ0) is 19.1. The van der Waals surface area contributed by atoms with Gasteiger partial charge in [0.25, 0.3) is 0 Å². The van der Waals surface area contributed by atoms with Gasteiger partial charge >= 0.3 is 0 Å². The summed E-state index contributed by atoms with van der Waals surface area (Å²) in [6, 6.07) is 7.33. The van der Waals surface area contributed by atoms with Crippen LogP contribution >= 0.6 is 0 Å². The van der Waals surface area contributed by atoms with Crippen molar-refractivity contribution in [3.63, 3.8) is 0 Å². The molecule has 6 nitrogen and oxygen atoms in total. The van der Waals surface area contributed by atoms with Crippen LogP contribution in [0.5, 0.6) is 17.2 Å². The predicted octanol–water partition coefficient (Wildman–Crippen LogP) is 3.28. The van der Waals surface area contributed by atoms with Crippen LogP contribution in [0.2, 0.25) is 0 Å². The van der Waals surface area contributed by atoms with Crippen molar-refractivity contribution in [2.45, 2.75) is 32.3 Å². The molecule has 1 heterocycles. The fraction of sp³-hybridized carbons (Fsp3) is 0.250. The second kappa shape index (κ2) is 6.38. The first-order valence-electron chi connectivity index (χ1n) is 8.18. The highest BCUT2D eigenvalue weighted by Gasteiger charge is 2.21. The molecule has 0 atom stereocenters. The quantitative estimate of drug-likeness (QED) is 0.571. The number of benzene rings is 2. The normalized spacial score (nSPS) is 11.8. The Kier molecular flexibility index (Phi) is 4.38. The van der Waals surface area contributed by atoms with E-state index in [1.807, 2.05) is 0 Å². The van der Waals surface area contributed by atoms with Crippen LogP contribution in [0.15, 0.2) is 45.8 Å². The van der Waals surface area contributed by atoms with Crippen LogP contribution in [-0.4, -0.2) is 26.0 Å². The van der Waals surface area contributed by atoms with Gasteiger partial charge in [0, 0.05) is 11.6 Å². The molecule has 0 bridgehead atoms. The van der Waals surface area contributed by atoms with Crippen molar-refractivity contribution in [3.05, 3.63) is 52.4 Å². The Morgan fingerprint density at radius 2 is 1.73 bits per heavy atom. The second-order valence-electron chi connectivity index (χ2n) is 6.93. The molecule has 0 saturated heterocycles. The van der Waals surface area contributed by atoms with Crippen LogP contribution in [0.1, 0.15) is 25.8 Å². The third-order valence-electron chi connectivity index (χ3n) is 4.29. The van der Waals surface area contributed by atoms with Gasteiger partial charge in [0.1, 0.15) is 34.5 Å². The molecule has 0 aliphatic carbocycles. The molecule has 1 aromatic heterocycles. The Morgan fingerprint density at radius 1 is 1.08 bits per heavy atom. The van der Waals surface area contributed by atoms with Gasteiger partial charge in [-0.2, -0.15) is 0 Å². The average Bonchev–Trinajstić information content (AvgIpc) is 2.54. The van der Waals surface area contributed by atoms with E-state index in [2.05, 4.69) is 0 Å². The van der Waals surface area contributed by atoms with Gasteiger partial charge in [0.2, 0.25) is 5.43 Å². The van der Waals surface area contributed by atoms with Crippen molar-refractivity contribution < 1.29 is 24.8 Å². The molecule has 0 radical (unpaired) electrons. The maximum atomic E-state index is 12.9. The zero-order valence-electron chi connectivity index (χ0n) is 14.5. The van der Waals surface area contributed by atoms with Gasteiger partial charge in [0.05, 0.1) is 11.2 Å². The molecule has 3 aromatic rings. The Balaban J connectivity index is 2.17. The summed E-state index contributed by atoms with van der Waals surface area (Å²) in [4.78, 5) is 12.9. The molecule has 0 spiro atoms. The van der Waals surface area contributed by atoms with Crippen LogP contribution in [-0.2, 0) is 6.42 Å². The molecular weight excluding hydrogens is 336 g/mol. The average molecular weight is 356 g/mol. The molecular formula is C20H20O6. The van der Waals surface area contributed by atoms with Gasteiger partial charge < -0.3 is 24.8 Å². The summed E-state index contributed by atoms with van der Waals surface area (Å²) < 4.78 is 5.44. The molecule has 26 heavy (non-hydrogen) atoms. The summed E-state index contributed by atoms with van der Waals surface area (Å²) in [5.41, 5.74) is -0.406. The summed E-state index contributed by atoms with van der Waals surface area (Å²) in [6.07, 6.45) is 1.75. The fourth-order valence-electron chi connectivity index (χ4n) is 2.81. The van der Waals surface area contributed by atoms with E-state index in [-0.39, 0.29) is 45.8 Å². The molecule has 0 unspecified atom stereocenters. The summed E-state index contributed by atoms with van der Waals surface area (Å²) in [6.45, 7) is 3.25. The first-order chi connectivity index (χ1) is 12.2. The van der Waals surface area contributed by atoms with E-state index >= 15 is 0 Å². The van der Waals surface area contributed by atoms with Gasteiger partial charge in [-0.3, -0.25) is 4.79 Å². The van der Waals surface area contributed by atoms with E-state index in [0.29, 0.717) is 12.0 Å². The summed E-state index contributed by atoms with van der Waals surface area (Å²) in [5.74, 6) is -0.473. The van der Waals surface area contributed by atoms with Crippen LogP contribution in [0, 0.1) is 0 Å². The molecule has 6 heteroatoms.